The van der Waals surface area contributed by atoms with Gasteiger partial charge in [0.05, 0.1) is 12.1 Å². The van der Waals surface area contributed by atoms with Gasteiger partial charge in [0.25, 0.3) is 0 Å². The summed E-state index contributed by atoms with van der Waals surface area (Å²) in [7, 11) is 1.71. The van der Waals surface area contributed by atoms with Crippen LogP contribution in [0, 0.1) is 5.41 Å². The van der Waals surface area contributed by atoms with Gasteiger partial charge in [-0.2, -0.15) is 0 Å². The second-order valence-electron chi connectivity index (χ2n) is 10.6. The minimum absolute atomic E-state index is 0.157. The van der Waals surface area contributed by atoms with Crippen LogP contribution >= 0.6 is 0 Å². The third kappa shape index (κ3) is 4.82. The van der Waals surface area contributed by atoms with E-state index in [1.165, 1.54) is 0 Å². The zero-order valence-electron chi connectivity index (χ0n) is 21.2. The van der Waals surface area contributed by atoms with E-state index in [4.69, 9.17) is 0 Å². The van der Waals surface area contributed by atoms with Gasteiger partial charge >= 0.3 is 0 Å². The Labute approximate surface area is 207 Å². The molecule has 1 heterocycles. The minimum atomic E-state index is -0.730. The van der Waals surface area contributed by atoms with E-state index in [0.29, 0.717) is 13.0 Å². The lowest BCUT2D eigenvalue weighted by atomic mass is 9.85. The maximum absolute atomic E-state index is 13.7. The Balaban J connectivity index is 1.55. The smallest absolute Gasteiger partial charge is 0.246 e. The molecule has 0 spiro atoms. The molecule has 2 aromatic carbocycles. The number of nitrogens with one attached hydrogen (secondary N) is 3. The van der Waals surface area contributed by atoms with E-state index in [2.05, 4.69) is 28.1 Å². The van der Waals surface area contributed by atoms with Gasteiger partial charge in [-0.3, -0.25) is 14.4 Å². The van der Waals surface area contributed by atoms with Crippen molar-refractivity contribution < 1.29 is 14.4 Å². The topological polar surface area (TPSA) is 90.5 Å². The lowest BCUT2D eigenvalue weighted by Crippen LogP contribution is -2.59. The molecule has 0 bridgehead atoms. The van der Waals surface area contributed by atoms with E-state index in [9.17, 15) is 14.4 Å². The average molecular weight is 477 g/mol. The number of fused-ring (bicyclic) bond motifs is 3. The Morgan fingerprint density at radius 2 is 1.54 bits per heavy atom. The van der Waals surface area contributed by atoms with Crippen molar-refractivity contribution in [3.8, 4) is 11.1 Å². The summed E-state index contributed by atoms with van der Waals surface area (Å²) in [5.74, 6) is -0.603. The summed E-state index contributed by atoms with van der Waals surface area (Å²) in [6.07, 6.45) is 1.35. The summed E-state index contributed by atoms with van der Waals surface area (Å²) in [4.78, 5) is 41.5. The third-order valence-corrected chi connectivity index (χ3v) is 7.18. The standard InChI is InChI=1S/C28H36N4O3/c1-17(29-5)25(33)31-24(28(2,3)4)27(35)32-16-10-15-22(32)26(34)30-23-20-13-8-6-11-18(20)19-12-7-9-14-21(19)23/h6-9,11-14,17,22-24,29H,10,15-16H2,1-5H3,(H,30,34)(H,31,33)/t17-,22-,24+/m0/s1. The highest BCUT2D eigenvalue weighted by molar-refractivity contribution is 5.94. The average Bonchev–Trinajstić information content (AvgIpc) is 3.45. The van der Waals surface area contributed by atoms with Gasteiger partial charge in [-0.25, -0.2) is 0 Å². The molecule has 35 heavy (non-hydrogen) atoms. The number of likely N-dealkylation sites (tertiary alicyclic amines) is 1. The Bertz CT molecular complexity index is 1080. The lowest BCUT2D eigenvalue weighted by molar-refractivity contribution is -0.144. The van der Waals surface area contributed by atoms with Gasteiger partial charge in [0, 0.05) is 6.54 Å². The van der Waals surface area contributed by atoms with Crippen LogP contribution in [0.4, 0.5) is 0 Å². The van der Waals surface area contributed by atoms with Gasteiger partial charge in [0.2, 0.25) is 17.7 Å². The van der Waals surface area contributed by atoms with E-state index < -0.39 is 23.5 Å². The van der Waals surface area contributed by atoms with Crippen LogP contribution in [0.5, 0.6) is 0 Å². The first kappa shape index (κ1) is 24.9. The molecule has 1 aliphatic heterocycles. The molecular formula is C28H36N4O3. The van der Waals surface area contributed by atoms with Crippen molar-refractivity contribution in [2.24, 2.45) is 5.41 Å². The number of likely N-dealkylation sites (N-methyl/N-ethyl adjacent to an activating group) is 1. The molecule has 1 saturated heterocycles. The number of nitrogens with zero attached hydrogens (tertiary/aromatic N) is 1. The molecule has 3 amide bonds. The maximum Gasteiger partial charge on any atom is 0.246 e. The number of carbonyl (C=O) groups excluding carboxylic acids is 3. The number of hydrogen-bond donors (Lipinski definition) is 3. The van der Waals surface area contributed by atoms with Crippen LogP contribution in [0.25, 0.3) is 11.1 Å². The van der Waals surface area contributed by atoms with Crippen LogP contribution in [-0.4, -0.2) is 54.3 Å². The molecule has 0 radical (unpaired) electrons. The van der Waals surface area contributed by atoms with E-state index in [1.54, 1.807) is 18.9 Å². The van der Waals surface area contributed by atoms with Gasteiger partial charge in [0.1, 0.15) is 12.1 Å². The highest BCUT2D eigenvalue weighted by atomic mass is 16.2. The third-order valence-electron chi connectivity index (χ3n) is 7.18. The summed E-state index contributed by atoms with van der Waals surface area (Å²) < 4.78 is 0. The molecule has 0 saturated carbocycles. The molecule has 7 nitrogen and oxygen atoms in total. The molecule has 186 valence electrons. The molecule has 7 heteroatoms. The molecule has 1 aliphatic carbocycles. The van der Waals surface area contributed by atoms with Gasteiger partial charge in [-0.05, 0) is 54.5 Å². The first-order valence-electron chi connectivity index (χ1n) is 12.4. The molecule has 0 aromatic heterocycles. The number of benzene rings is 2. The molecule has 1 fully saturated rings. The monoisotopic (exact) mass is 476 g/mol. The predicted octanol–water partition coefficient (Wildman–Crippen LogP) is 3.00. The van der Waals surface area contributed by atoms with E-state index >= 15 is 0 Å². The summed E-state index contributed by atoms with van der Waals surface area (Å²) in [5, 5.41) is 9.06. The molecule has 2 aliphatic rings. The normalized spacial score (nSPS) is 19.0. The SMILES string of the molecule is CN[C@@H](C)C(=O)N[C@H](C(=O)N1CCC[C@H]1C(=O)NC1c2ccccc2-c2ccccc21)C(C)(C)C. The fraction of sp³-hybridized carbons (Fsp3) is 0.464. The van der Waals surface area contributed by atoms with Crippen molar-refractivity contribution in [2.75, 3.05) is 13.6 Å². The van der Waals surface area contributed by atoms with Crippen LogP contribution in [0.1, 0.15) is 57.7 Å². The second kappa shape index (κ2) is 9.82. The van der Waals surface area contributed by atoms with Crippen molar-refractivity contribution in [1.82, 2.24) is 20.9 Å². The summed E-state index contributed by atoms with van der Waals surface area (Å²) in [6.45, 7) is 8.04. The summed E-state index contributed by atoms with van der Waals surface area (Å²) in [6, 6.07) is 14.3. The number of rotatable bonds is 6. The van der Waals surface area contributed by atoms with Gasteiger partial charge < -0.3 is 20.9 Å². The van der Waals surface area contributed by atoms with Gasteiger partial charge in [0.15, 0.2) is 0 Å². The molecule has 4 rings (SSSR count). The number of hydrogen-bond acceptors (Lipinski definition) is 4. The fourth-order valence-electron chi connectivity index (χ4n) is 5.07. The van der Waals surface area contributed by atoms with Crippen molar-refractivity contribution in [2.45, 2.75) is 64.7 Å². The van der Waals surface area contributed by atoms with E-state index in [1.807, 2.05) is 57.2 Å². The Morgan fingerprint density at radius 1 is 0.971 bits per heavy atom. The van der Waals surface area contributed by atoms with Gasteiger partial charge in [-0.15, -0.1) is 0 Å². The van der Waals surface area contributed by atoms with Crippen molar-refractivity contribution >= 4 is 17.7 Å². The zero-order chi connectivity index (χ0) is 25.3. The summed E-state index contributed by atoms with van der Waals surface area (Å²) in [5.41, 5.74) is 3.88. The highest BCUT2D eigenvalue weighted by Crippen LogP contribution is 2.43. The van der Waals surface area contributed by atoms with Crippen LogP contribution in [0.15, 0.2) is 48.5 Å². The molecule has 0 unspecified atom stereocenters. The van der Waals surface area contributed by atoms with Crippen LogP contribution in [0.3, 0.4) is 0 Å². The fourth-order valence-corrected chi connectivity index (χ4v) is 5.07. The Morgan fingerprint density at radius 3 is 2.09 bits per heavy atom. The molecule has 2 aromatic rings. The van der Waals surface area contributed by atoms with Gasteiger partial charge in [-0.1, -0.05) is 69.3 Å². The van der Waals surface area contributed by atoms with E-state index in [0.717, 1.165) is 28.7 Å². The molecular weight excluding hydrogens is 440 g/mol. The maximum atomic E-state index is 13.7. The number of carbonyl (C=O) groups is 3. The first-order chi connectivity index (χ1) is 16.6. The van der Waals surface area contributed by atoms with Crippen LogP contribution < -0.4 is 16.0 Å². The predicted molar refractivity (Wildman–Crippen MR) is 137 cm³/mol. The Hall–Kier alpha value is -3.19. The Kier molecular flexibility index (Phi) is 6.99. The van der Waals surface area contributed by atoms with E-state index in [-0.39, 0.29) is 23.8 Å². The zero-order valence-corrected chi connectivity index (χ0v) is 21.2. The number of amides is 3. The van der Waals surface area contributed by atoms with Crippen molar-refractivity contribution in [3.05, 3.63) is 59.7 Å². The largest absolute Gasteiger partial charge is 0.343 e. The lowest BCUT2D eigenvalue weighted by Gasteiger charge is -2.36. The molecule has 3 N–H and O–H groups in total. The second-order valence-corrected chi connectivity index (χ2v) is 10.6. The van der Waals surface area contributed by atoms with Crippen molar-refractivity contribution in [3.63, 3.8) is 0 Å². The summed E-state index contributed by atoms with van der Waals surface area (Å²) >= 11 is 0. The van der Waals surface area contributed by atoms with Crippen LogP contribution in [0.2, 0.25) is 0 Å². The quantitative estimate of drug-likeness (QED) is 0.598. The first-order valence-corrected chi connectivity index (χ1v) is 12.4. The minimum Gasteiger partial charge on any atom is -0.343 e. The van der Waals surface area contributed by atoms with Crippen LogP contribution in [-0.2, 0) is 14.4 Å². The van der Waals surface area contributed by atoms with Crippen molar-refractivity contribution in [1.29, 1.82) is 0 Å². The molecule has 3 atom stereocenters. The highest BCUT2D eigenvalue weighted by Gasteiger charge is 2.43.